The van der Waals surface area contributed by atoms with Gasteiger partial charge in [-0.3, -0.25) is 0 Å². The molecule has 10 atom stereocenters. The lowest BCUT2D eigenvalue weighted by Gasteiger charge is -2.45. The zero-order valence-corrected chi connectivity index (χ0v) is 15.7. The van der Waals surface area contributed by atoms with Crippen LogP contribution in [0, 0.1) is 0 Å². The fourth-order valence-corrected chi connectivity index (χ4v) is 2.57. The summed E-state index contributed by atoms with van der Waals surface area (Å²) in [7, 11) is 0. The van der Waals surface area contributed by atoms with Crippen molar-refractivity contribution in [2.75, 3.05) is 13.2 Å². The van der Waals surface area contributed by atoms with Crippen LogP contribution in [0.2, 0.25) is 0 Å². The Bertz CT molecular complexity index is 391. The lowest BCUT2D eigenvalue weighted by molar-refractivity contribution is -0.355. The maximum atomic E-state index is 9.94. The number of hydrogen-bond acceptors (Lipinski definition) is 11. The summed E-state index contributed by atoms with van der Waals surface area (Å²) in [5.74, 6) is 0. The van der Waals surface area contributed by atoms with E-state index >= 15 is 0 Å². The van der Waals surface area contributed by atoms with Crippen molar-refractivity contribution in [2.45, 2.75) is 61.4 Å². The lowest BCUT2D eigenvalue weighted by Crippen LogP contribution is -2.64. The minimum atomic E-state index is -1.74. The summed E-state index contributed by atoms with van der Waals surface area (Å²) in [6.45, 7) is -1.35. The Morgan fingerprint density at radius 1 is 0.615 bits per heavy atom. The van der Waals surface area contributed by atoms with E-state index < -0.39 is 74.6 Å². The van der Waals surface area contributed by atoms with Crippen molar-refractivity contribution < 1.29 is 55.1 Å². The van der Waals surface area contributed by atoms with E-state index in [-0.39, 0.29) is 37.2 Å². The van der Waals surface area contributed by atoms with Crippen LogP contribution in [0.5, 0.6) is 0 Å². The van der Waals surface area contributed by atoms with Crippen LogP contribution in [-0.4, -0.2) is 115 Å². The van der Waals surface area contributed by atoms with Crippen LogP contribution in [0.15, 0.2) is 0 Å². The lowest BCUT2D eigenvalue weighted by atomic mass is 9.97. The zero-order chi connectivity index (χ0) is 17.3. The number of hydrogen-bond donors (Lipinski definition) is 8. The van der Waals surface area contributed by atoms with Gasteiger partial charge in [0.1, 0.15) is 48.8 Å². The van der Waals surface area contributed by atoms with Crippen molar-refractivity contribution in [3.05, 3.63) is 0 Å². The molecule has 2 rings (SSSR count). The molecule has 0 saturated carbocycles. The Kier molecular flexibility index (Phi) is 13.3. The van der Waals surface area contributed by atoms with E-state index in [2.05, 4.69) is 0 Å². The molecule has 0 amide bonds. The second-order valence-electron chi connectivity index (χ2n) is 5.53. The van der Waals surface area contributed by atoms with Crippen LogP contribution in [0.4, 0.5) is 0 Å². The molecule has 2 aliphatic heterocycles. The fourth-order valence-electron chi connectivity index (χ4n) is 2.57. The number of halogens is 3. The average molecular weight is 452 g/mol. The third-order valence-electron chi connectivity index (χ3n) is 3.98. The predicted octanol–water partition coefficient (Wildman–Crippen LogP) is -4.13. The van der Waals surface area contributed by atoms with Gasteiger partial charge in [0.2, 0.25) is 0 Å². The second kappa shape index (κ2) is 12.1. The van der Waals surface area contributed by atoms with Gasteiger partial charge >= 0.3 is 0 Å². The van der Waals surface area contributed by atoms with Crippen molar-refractivity contribution in [2.24, 2.45) is 0 Å². The molecule has 2 aliphatic rings. The fraction of sp³-hybridized carbons (Fsp3) is 1.00. The van der Waals surface area contributed by atoms with Crippen LogP contribution in [-0.2, 0) is 14.2 Å². The molecule has 0 aromatic heterocycles. The molecular formula is C12H25Cl3O11. The molecule has 0 bridgehead atoms. The van der Waals surface area contributed by atoms with Gasteiger partial charge in [-0.05, 0) is 0 Å². The normalized spacial score (nSPS) is 45.7. The largest absolute Gasteiger partial charge is 0.394 e. The molecule has 1 unspecified atom stereocenters. The van der Waals surface area contributed by atoms with Gasteiger partial charge in [0.05, 0.1) is 13.2 Å². The summed E-state index contributed by atoms with van der Waals surface area (Å²) in [5, 5.41) is 76.5. The Balaban J connectivity index is 0. The van der Waals surface area contributed by atoms with Gasteiger partial charge in [0.15, 0.2) is 12.6 Å². The van der Waals surface area contributed by atoms with Crippen molar-refractivity contribution in [3.8, 4) is 0 Å². The summed E-state index contributed by atoms with van der Waals surface area (Å²) >= 11 is 0. The molecule has 0 aromatic carbocycles. The first-order valence-electron chi connectivity index (χ1n) is 7.08. The number of rotatable bonds is 4. The van der Waals surface area contributed by atoms with Gasteiger partial charge in [-0.25, -0.2) is 0 Å². The van der Waals surface area contributed by atoms with E-state index in [1.807, 2.05) is 0 Å². The highest BCUT2D eigenvalue weighted by atomic mass is 35.5. The Morgan fingerprint density at radius 3 is 1.65 bits per heavy atom. The summed E-state index contributed by atoms with van der Waals surface area (Å²) < 4.78 is 15.3. The molecule has 2 heterocycles. The molecule has 0 aromatic rings. The molecule has 0 radical (unpaired) electrons. The van der Waals surface area contributed by atoms with Crippen LogP contribution in [0.3, 0.4) is 0 Å². The van der Waals surface area contributed by atoms with Crippen molar-refractivity contribution in [1.29, 1.82) is 0 Å². The van der Waals surface area contributed by atoms with E-state index in [4.69, 9.17) is 19.3 Å². The quantitative estimate of drug-likeness (QED) is 0.207. The van der Waals surface area contributed by atoms with Crippen LogP contribution in [0.25, 0.3) is 0 Å². The third kappa shape index (κ3) is 5.72. The van der Waals surface area contributed by atoms with Crippen molar-refractivity contribution in [1.82, 2.24) is 0 Å². The maximum absolute atomic E-state index is 9.94. The first-order chi connectivity index (χ1) is 10.8. The number of aliphatic hydroxyl groups is 8. The van der Waals surface area contributed by atoms with Crippen LogP contribution in [0.1, 0.15) is 0 Å². The third-order valence-corrected chi connectivity index (χ3v) is 3.98. The molecule has 0 aliphatic carbocycles. The van der Waals surface area contributed by atoms with E-state index in [0.717, 1.165) is 0 Å². The number of aliphatic hydroxyl groups excluding tert-OH is 8. The molecule has 14 heteroatoms. The maximum Gasteiger partial charge on any atom is 0.187 e. The molecule has 2 saturated heterocycles. The molecule has 160 valence electrons. The van der Waals surface area contributed by atoms with E-state index in [1.54, 1.807) is 0 Å². The Labute approximate surface area is 167 Å². The molecule has 11 nitrogen and oxygen atoms in total. The molecular weight excluding hydrogens is 426 g/mol. The van der Waals surface area contributed by atoms with Gasteiger partial charge in [0, 0.05) is 0 Å². The highest BCUT2D eigenvalue weighted by Gasteiger charge is 2.50. The molecule has 0 spiro atoms. The summed E-state index contributed by atoms with van der Waals surface area (Å²) in [6, 6.07) is 0. The van der Waals surface area contributed by atoms with E-state index in [9.17, 15) is 35.7 Å². The first kappa shape index (κ1) is 28.6. The zero-order valence-electron chi connectivity index (χ0n) is 13.2. The number of ether oxygens (including phenoxy) is 3. The highest BCUT2D eigenvalue weighted by Crippen LogP contribution is 2.28. The smallest absolute Gasteiger partial charge is 0.187 e. The van der Waals surface area contributed by atoms with Crippen molar-refractivity contribution in [3.63, 3.8) is 0 Å². The predicted molar refractivity (Wildman–Crippen MR) is 90.4 cm³/mol. The SMILES string of the molecule is Cl.Cl.Cl.OC[C@H]1O[C@@H](O[C@H]2[C@H](O)[C@@H](O)C(O)O[C@@H]2CO)[C@H](O)[C@@H](O)[C@H]1O. The van der Waals surface area contributed by atoms with Gasteiger partial charge in [-0.1, -0.05) is 0 Å². The van der Waals surface area contributed by atoms with Crippen molar-refractivity contribution >= 4 is 37.2 Å². The molecule has 26 heavy (non-hydrogen) atoms. The summed E-state index contributed by atoms with van der Waals surface area (Å²) in [6.07, 6.45) is -15.6. The van der Waals surface area contributed by atoms with Gasteiger partial charge in [-0.2, -0.15) is 0 Å². The minimum Gasteiger partial charge on any atom is -0.394 e. The summed E-state index contributed by atoms with van der Waals surface area (Å²) in [4.78, 5) is 0. The highest BCUT2D eigenvalue weighted by molar-refractivity contribution is 5.86. The topological polar surface area (TPSA) is 190 Å². The monoisotopic (exact) mass is 450 g/mol. The van der Waals surface area contributed by atoms with Crippen LogP contribution >= 0.6 is 37.2 Å². The van der Waals surface area contributed by atoms with Gasteiger partial charge in [-0.15, -0.1) is 37.2 Å². The minimum absolute atomic E-state index is 0. The van der Waals surface area contributed by atoms with E-state index in [0.29, 0.717) is 0 Å². The standard InChI is InChI=1S/C12H22O11.3ClH/c13-1-3-5(15)6(16)9(19)12(22-3)23-10-4(2-14)21-11(20)8(18)7(10)17;;;/h3-20H,1-2H2;3*1H/t3-,4-,5+,6+,7-,8-,9-,10-,11?,12+;;;/m1.../s1. The summed E-state index contributed by atoms with van der Waals surface area (Å²) in [5.41, 5.74) is 0. The van der Waals surface area contributed by atoms with E-state index in [1.165, 1.54) is 0 Å². The Hall–Kier alpha value is 0.430. The molecule has 8 N–H and O–H groups in total. The first-order valence-corrected chi connectivity index (χ1v) is 7.08. The van der Waals surface area contributed by atoms with Gasteiger partial charge < -0.3 is 55.1 Å². The van der Waals surface area contributed by atoms with Gasteiger partial charge in [0.25, 0.3) is 0 Å². The molecule has 2 fully saturated rings. The second-order valence-corrected chi connectivity index (χ2v) is 5.53. The Morgan fingerprint density at radius 2 is 1.15 bits per heavy atom. The average Bonchev–Trinajstić information content (AvgIpc) is 2.55. The van der Waals surface area contributed by atoms with Crippen LogP contribution < -0.4 is 0 Å².